The van der Waals surface area contributed by atoms with Crippen LogP contribution in [0.3, 0.4) is 0 Å². The van der Waals surface area contributed by atoms with Gasteiger partial charge in [0.15, 0.2) is 11.6 Å². The second kappa shape index (κ2) is 5.70. The molecule has 0 atom stereocenters. The van der Waals surface area contributed by atoms with E-state index in [1.807, 2.05) is 0 Å². The van der Waals surface area contributed by atoms with E-state index in [0.717, 1.165) is 25.7 Å². The van der Waals surface area contributed by atoms with Gasteiger partial charge in [-0.3, -0.25) is 4.79 Å². The van der Waals surface area contributed by atoms with Gasteiger partial charge in [0, 0.05) is 18.4 Å². The molecule has 1 aromatic carbocycles. The Hall–Kier alpha value is -1.42. The molecule has 0 saturated heterocycles. The zero-order valence-electron chi connectivity index (χ0n) is 11.2. The van der Waals surface area contributed by atoms with E-state index in [1.165, 1.54) is 13.2 Å². The van der Waals surface area contributed by atoms with Gasteiger partial charge in [-0.25, -0.2) is 4.39 Å². The Morgan fingerprint density at radius 1 is 1.42 bits per heavy atom. The number of nitrogens with two attached hydrogens (primary N) is 1. The first-order valence-electron chi connectivity index (χ1n) is 6.65. The highest BCUT2D eigenvalue weighted by Crippen LogP contribution is 2.30. The van der Waals surface area contributed by atoms with Gasteiger partial charge in [0.1, 0.15) is 5.78 Å². The van der Waals surface area contributed by atoms with Gasteiger partial charge >= 0.3 is 0 Å². The van der Waals surface area contributed by atoms with E-state index in [4.69, 9.17) is 10.5 Å². The Labute approximate surface area is 112 Å². The predicted molar refractivity (Wildman–Crippen MR) is 71.7 cm³/mol. The Balaban J connectivity index is 1.97. The van der Waals surface area contributed by atoms with Crippen molar-refractivity contribution in [3.05, 3.63) is 29.6 Å². The van der Waals surface area contributed by atoms with Crippen molar-refractivity contribution < 1.29 is 13.9 Å². The minimum absolute atomic E-state index is 0.0777. The maximum absolute atomic E-state index is 13.5. The summed E-state index contributed by atoms with van der Waals surface area (Å²) >= 11 is 0. The molecule has 1 fully saturated rings. The fourth-order valence-corrected chi connectivity index (χ4v) is 2.76. The van der Waals surface area contributed by atoms with Gasteiger partial charge < -0.3 is 10.5 Å². The minimum atomic E-state index is -0.434. The van der Waals surface area contributed by atoms with E-state index in [2.05, 4.69) is 0 Å². The molecule has 0 unspecified atom stereocenters. The van der Waals surface area contributed by atoms with E-state index in [9.17, 15) is 9.18 Å². The van der Waals surface area contributed by atoms with Crippen LogP contribution in [0.2, 0.25) is 0 Å². The van der Waals surface area contributed by atoms with Crippen molar-refractivity contribution in [2.45, 2.75) is 44.1 Å². The first-order chi connectivity index (χ1) is 9.02. The molecule has 0 amide bonds. The van der Waals surface area contributed by atoms with Crippen LogP contribution in [0.15, 0.2) is 18.2 Å². The SMILES string of the molecule is COc1ccc(CC(=O)CC2(N)CCCC2)cc1F. The summed E-state index contributed by atoms with van der Waals surface area (Å²) in [6, 6.07) is 4.62. The molecule has 3 nitrogen and oxygen atoms in total. The molecule has 1 aromatic rings. The lowest BCUT2D eigenvalue weighted by atomic mass is 9.90. The van der Waals surface area contributed by atoms with Crippen LogP contribution in [0.5, 0.6) is 5.75 Å². The average molecular weight is 265 g/mol. The van der Waals surface area contributed by atoms with Crippen molar-refractivity contribution >= 4 is 5.78 Å². The van der Waals surface area contributed by atoms with Gasteiger partial charge in [0.25, 0.3) is 0 Å². The van der Waals surface area contributed by atoms with E-state index in [-0.39, 0.29) is 23.5 Å². The number of halogens is 1. The molecule has 1 aliphatic rings. The predicted octanol–water partition coefficient (Wildman–Crippen LogP) is 2.61. The van der Waals surface area contributed by atoms with Gasteiger partial charge in [0.05, 0.1) is 7.11 Å². The molecule has 2 rings (SSSR count). The van der Waals surface area contributed by atoms with Crippen LogP contribution in [0.4, 0.5) is 4.39 Å². The zero-order valence-corrected chi connectivity index (χ0v) is 11.2. The lowest BCUT2D eigenvalue weighted by Crippen LogP contribution is -2.39. The molecule has 2 N–H and O–H groups in total. The number of rotatable bonds is 5. The molecule has 0 radical (unpaired) electrons. The molecule has 4 heteroatoms. The quantitative estimate of drug-likeness (QED) is 0.890. The molecule has 104 valence electrons. The smallest absolute Gasteiger partial charge is 0.165 e. The largest absolute Gasteiger partial charge is 0.494 e. The second-order valence-electron chi connectivity index (χ2n) is 5.43. The minimum Gasteiger partial charge on any atom is -0.494 e. The molecule has 0 aromatic heterocycles. The summed E-state index contributed by atoms with van der Waals surface area (Å²) < 4.78 is 18.4. The van der Waals surface area contributed by atoms with Gasteiger partial charge in [-0.15, -0.1) is 0 Å². The zero-order chi connectivity index (χ0) is 13.9. The summed E-state index contributed by atoms with van der Waals surface area (Å²) in [5, 5.41) is 0. The summed E-state index contributed by atoms with van der Waals surface area (Å²) in [6.07, 6.45) is 4.65. The summed E-state index contributed by atoms with van der Waals surface area (Å²) in [5.74, 6) is -0.160. The highest BCUT2D eigenvalue weighted by atomic mass is 19.1. The monoisotopic (exact) mass is 265 g/mol. The number of hydrogen-bond donors (Lipinski definition) is 1. The van der Waals surface area contributed by atoms with Crippen LogP contribution in [-0.4, -0.2) is 18.4 Å². The van der Waals surface area contributed by atoms with Gasteiger partial charge in [-0.1, -0.05) is 18.9 Å². The van der Waals surface area contributed by atoms with Gasteiger partial charge in [0.2, 0.25) is 0 Å². The lowest BCUT2D eigenvalue weighted by molar-refractivity contribution is -0.119. The van der Waals surface area contributed by atoms with Crippen molar-refractivity contribution in [2.24, 2.45) is 5.73 Å². The molecule has 0 bridgehead atoms. The third-order valence-electron chi connectivity index (χ3n) is 3.77. The molecule has 0 heterocycles. The van der Waals surface area contributed by atoms with Crippen molar-refractivity contribution in [1.82, 2.24) is 0 Å². The van der Waals surface area contributed by atoms with Crippen LogP contribution >= 0.6 is 0 Å². The van der Waals surface area contributed by atoms with Crippen LogP contribution in [0, 0.1) is 5.82 Å². The lowest BCUT2D eigenvalue weighted by Gasteiger charge is -2.22. The molecular weight excluding hydrogens is 245 g/mol. The number of hydrogen-bond acceptors (Lipinski definition) is 3. The maximum Gasteiger partial charge on any atom is 0.165 e. The molecular formula is C15H20FNO2. The average Bonchev–Trinajstić information content (AvgIpc) is 2.75. The van der Waals surface area contributed by atoms with Crippen LogP contribution in [0.25, 0.3) is 0 Å². The fourth-order valence-electron chi connectivity index (χ4n) is 2.76. The van der Waals surface area contributed by atoms with Crippen molar-refractivity contribution in [2.75, 3.05) is 7.11 Å². The summed E-state index contributed by atoms with van der Waals surface area (Å²) in [4.78, 5) is 12.0. The number of carbonyl (C=O) groups excluding carboxylic acids is 1. The van der Waals surface area contributed by atoms with Gasteiger partial charge in [-0.05, 0) is 30.5 Å². The van der Waals surface area contributed by atoms with E-state index in [1.54, 1.807) is 12.1 Å². The Morgan fingerprint density at radius 2 is 2.11 bits per heavy atom. The van der Waals surface area contributed by atoms with E-state index >= 15 is 0 Å². The normalized spacial score (nSPS) is 17.4. The number of Topliss-reactive ketones (excluding diaryl/α,β-unsaturated/α-hetero) is 1. The summed E-state index contributed by atoms with van der Waals surface area (Å²) in [6.45, 7) is 0. The standard InChI is InChI=1S/C15H20FNO2/c1-19-14-5-4-11(9-13(14)16)8-12(18)10-15(17)6-2-3-7-15/h4-5,9H,2-3,6-8,10,17H2,1H3. The Kier molecular flexibility index (Phi) is 4.20. The van der Waals surface area contributed by atoms with Crippen molar-refractivity contribution in [1.29, 1.82) is 0 Å². The number of methoxy groups -OCH3 is 1. The van der Waals surface area contributed by atoms with Gasteiger partial charge in [-0.2, -0.15) is 0 Å². The molecule has 1 aliphatic carbocycles. The maximum atomic E-state index is 13.5. The fraction of sp³-hybridized carbons (Fsp3) is 0.533. The van der Waals surface area contributed by atoms with Crippen LogP contribution in [0.1, 0.15) is 37.7 Å². The van der Waals surface area contributed by atoms with E-state index in [0.29, 0.717) is 12.0 Å². The number of ether oxygens (including phenoxy) is 1. The first kappa shape index (κ1) is 14.0. The third kappa shape index (κ3) is 3.53. The number of carbonyl (C=O) groups is 1. The molecule has 0 aliphatic heterocycles. The first-order valence-corrected chi connectivity index (χ1v) is 6.65. The Morgan fingerprint density at radius 3 is 2.68 bits per heavy atom. The summed E-state index contributed by atoms with van der Waals surface area (Å²) in [7, 11) is 1.42. The Bertz CT molecular complexity index is 467. The third-order valence-corrected chi connectivity index (χ3v) is 3.77. The highest BCUT2D eigenvalue weighted by Gasteiger charge is 2.31. The topological polar surface area (TPSA) is 52.3 Å². The van der Waals surface area contributed by atoms with Crippen LogP contribution < -0.4 is 10.5 Å². The number of benzene rings is 1. The molecule has 0 spiro atoms. The molecule has 1 saturated carbocycles. The molecule has 19 heavy (non-hydrogen) atoms. The second-order valence-corrected chi connectivity index (χ2v) is 5.43. The van der Waals surface area contributed by atoms with Crippen LogP contribution in [-0.2, 0) is 11.2 Å². The highest BCUT2D eigenvalue weighted by molar-refractivity contribution is 5.82. The van der Waals surface area contributed by atoms with E-state index < -0.39 is 5.82 Å². The van der Waals surface area contributed by atoms with Crippen molar-refractivity contribution in [3.8, 4) is 5.75 Å². The number of ketones is 1. The summed E-state index contributed by atoms with van der Waals surface area (Å²) in [5.41, 5.74) is 6.51. The van der Waals surface area contributed by atoms with Crippen molar-refractivity contribution in [3.63, 3.8) is 0 Å².